The van der Waals surface area contributed by atoms with Gasteiger partial charge in [0.05, 0.1) is 6.10 Å². The summed E-state index contributed by atoms with van der Waals surface area (Å²) in [5.74, 6) is -0.0902. The number of unbranched alkanes of at least 4 members (excludes halogenated alkanes) is 7. The van der Waals surface area contributed by atoms with E-state index in [-0.39, 0.29) is 18.2 Å². The van der Waals surface area contributed by atoms with Crippen molar-refractivity contribution in [2.24, 2.45) is 0 Å². The Morgan fingerprint density at radius 2 is 1.45 bits per heavy atom. The van der Waals surface area contributed by atoms with Gasteiger partial charge in [0.1, 0.15) is 6.10 Å². The van der Waals surface area contributed by atoms with E-state index in [0.29, 0.717) is 6.42 Å². The Balaban J connectivity index is 2.05. The monoisotopic (exact) mass is 312 g/mol. The Labute approximate surface area is 137 Å². The second-order valence-corrected chi connectivity index (χ2v) is 6.55. The predicted molar refractivity (Wildman–Crippen MR) is 91.0 cm³/mol. The lowest BCUT2D eigenvalue weighted by molar-refractivity contribution is -0.160. The summed E-state index contributed by atoms with van der Waals surface area (Å²) in [6.07, 6.45) is 15.5. The van der Waals surface area contributed by atoms with Crippen LogP contribution in [0.1, 0.15) is 97.3 Å². The fourth-order valence-corrected chi connectivity index (χ4v) is 3.11. The first-order valence-corrected chi connectivity index (χ1v) is 9.59. The van der Waals surface area contributed by atoms with Gasteiger partial charge in [-0.05, 0) is 25.7 Å². The van der Waals surface area contributed by atoms with Crippen molar-refractivity contribution in [2.45, 2.75) is 110 Å². The molecule has 3 heteroatoms. The molecule has 3 nitrogen and oxygen atoms in total. The van der Waals surface area contributed by atoms with Gasteiger partial charge in [-0.15, -0.1) is 0 Å². The van der Waals surface area contributed by atoms with E-state index in [1.807, 2.05) is 6.92 Å². The molecule has 0 aromatic heterocycles. The lowest BCUT2D eigenvalue weighted by atomic mass is 9.94. The first-order chi connectivity index (χ1) is 10.8. The predicted octanol–water partition coefficient (Wildman–Crippen LogP) is 5.41. The zero-order chi connectivity index (χ0) is 16.0. The summed E-state index contributed by atoms with van der Waals surface area (Å²) in [5.41, 5.74) is 0. The van der Waals surface area contributed by atoms with Gasteiger partial charge in [0.2, 0.25) is 0 Å². The quantitative estimate of drug-likeness (QED) is 0.357. The van der Waals surface area contributed by atoms with Gasteiger partial charge >= 0.3 is 5.97 Å². The summed E-state index contributed by atoms with van der Waals surface area (Å²) in [7, 11) is 0. The molecule has 1 aliphatic carbocycles. The van der Waals surface area contributed by atoms with E-state index >= 15 is 0 Å². The molecular weight excluding hydrogens is 276 g/mol. The number of rotatable bonds is 12. The van der Waals surface area contributed by atoms with Crippen molar-refractivity contribution in [1.29, 1.82) is 0 Å². The van der Waals surface area contributed by atoms with Crippen LogP contribution in [0.3, 0.4) is 0 Å². The van der Waals surface area contributed by atoms with Crippen LogP contribution in [0.5, 0.6) is 0 Å². The van der Waals surface area contributed by atoms with E-state index in [0.717, 1.165) is 32.3 Å². The molecule has 0 heterocycles. The molecule has 0 aliphatic heterocycles. The standard InChI is InChI=1S/C19H36O3/c1-3-5-6-7-8-9-10-13-16-21-17-14-11-12-15-18(17)22-19(20)4-2/h17-18H,3-16H2,1-2H3/t17-,18-/m0/s1. The summed E-state index contributed by atoms with van der Waals surface area (Å²) in [6, 6.07) is 0. The van der Waals surface area contributed by atoms with E-state index < -0.39 is 0 Å². The van der Waals surface area contributed by atoms with Crippen LogP contribution < -0.4 is 0 Å². The Bertz CT molecular complexity index is 278. The van der Waals surface area contributed by atoms with Crippen LogP contribution >= 0.6 is 0 Å². The van der Waals surface area contributed by atoms with Gasteiger partial charge in [-0.1, -0.05) is 65.2 Å². The van der Waals surface area contributed by atoms with Crippen LogP contribution in [0.4, 0.5) is 0 Å². The lowest BCUT2D eigenvalue weighted by Crippen LogP contribution is -2.36. The number of hydrogen-bond acceptors (Lipinski definition) is 3. The molecule has 0 N–H and O–H groups in total. The highest BCUT2D eigenvalue weighted by Crippen LogP contribution is 2.24. The summed E-state index contributed by atoms with van der Waals surface area (Å²) >= 11 is 0. The van der Waals surface area contributed by atoms with Crippen molar-refractivity contribution >= 4 is 5.97 Å². The molecule has 1 fully saturated rings. The lowest BCUT2D eigenvalue weighted by Gasteiger charge is -2.31. The molecule has 0 amide bonds. The Morgan fingerprint density at radius 1 is 0.864 bits per heavy atom. The second kappa shape index (κ2) is 12.9. The normalized spacial score (nSPS) is 21.7. The smallest absolute Gasteiger partial charge is 0.305 e. The van der Waals surface area contributed by atoms with Crippen LogP contribution in [-0.4, -0.2) is 24.8 Å². The van der Waals surface area contributed by atoms with Crippen molar-refractivity contribution in [1.82, 2.24) is 0 Å². The van der Waals surface area contributed by atoms with Gasteiger partial charge in [0.15, 0.2) is 0 Å². The van der Waals surface area contributed by atoms with Crippen LogP contribution in [0, 0.1) is 0 Å². The molecule has 0 spiro atoms. The van der Waals surface area contributed by atoms with Gasteiger partial charge in [-0.2, -0.15) is 0 Å². The number of hydrogen-bond donors (Lipinski definition) is 0. The first kappa shape index (κ1) is 19.5. The van der Waals surface area contributed by atoms with Crippen molar-refractivity contribution in [3.05, 3.63) is 0 Å². The van der Waals surface area contributed by atoms with Crippen molar-refractivity contribution in [3.8, 4) is 0 Å². The average molecular weight is 312 g/mol. The van der Waals surface area contributed by atoms with Gasteiger partial charge < -0.3 is 9.47 Å². The van der Waals surface area contributed by atoms with E-state index in [9.17, 15) is 4.79 Å². The maximum absolute atomic E-state index is 11.5. The van der Waals surface area contributed by atoms with E-state index in [4.69, 9.17) is 9.47 Å². The largest absolute Gasteiger partial charge is 0.460 e. The SMILES string of the molecule is CCCCCCCCCCO[C@H]1CCCC[C@@H]1OC(=O)CC. The molecule has 0 radical (unpaired) electrons. The Kier molecular flexibility index (Phi) is 11.4. The van der Waals surface area contributed by atoms with Crippen molar-refractivity contribution in [2.75, 3.05) is 6.61 Å². The van der Waals surface area contributed by atoms with E-state index in [2.05, 4.69) is 6.92 Å². The van der Waals surface area contributed by atoms with Crippen molar-refractivity contribution in [3.63, 3.8) is 0 Å². The van der Waals surface area contributed by atoms with Crippen LogP contribution in [-0.2, 0) is 14.3 Å². The van der Waals surface area contributed by atoms with Gasteiger partial charge in [0.25, 0.3) is 0 Å². The summed E-state index contributed by atoms with van der Waals surface area (Å²) in [4.78, 5) is 11.5. The molecule has 130 valence electrons. The molecule has 2 atom stereocenters. The number of carbonyl (C=O) groups excluding carboxylic acids is 1. The zero-order valence-corrected chi connectivity index (χ0v) is 14.8. The third-order valence-corrected chi connectivity index (χ3v) is 4.54. The van der Waals surface area contributed by atoms with Crippen LogP contribution in [0.15, 0.2) is 0 Å². The molecule has 0 unspecified atom stereocenters. The molecule has 0 bridgehead atoms. The first-order valence-electron chi connectivity index (χ1n) is 9.59. The summed E-state index contributed by atoms with van der Waals surface area (Å²) < 4.78 is 11.5. The van der Waals surface area contributed by atoms with Crippen LogP contribution in [0.25, 0.3) is 0 Å². The molecule has 1 rings (SSSR count). The number of ether oxygens (including phenoxy) is 2. The summed E-state index contributed by atoms with van der Waals surface area (Å²) in [5, 5.41) is 0. The fourth-order valence-electron chi connectivity index (χ4n) is 3.11. The molecule has 22 heavy (non-hydrogen) atoms. The highest BCUT2D eigenvalue weighted by molar-refractivity contribution is 5.69. The highest BCUT2D eigenvalue weighted by Gasteiger charge is 2.28. The molecule has 0 saturated heterocycles. The molecule has 0 aromatic rings. The second-order valence-electron chi connectivity index (χ2n) is 6.55. The number of esters is 1. The zero-order valence-electron chi connectivity index (χ0n) is 14.8. The topological polar surface area (TPSA) is 35.5 Å². The summed E-state index contributed by atoms with van der Waals surface area (Å²) in [6.45, 7) is 4.93. The molecule has 1 aliphatic rings. The third kappa shape index (κ3) is 8.77. The van der Waals surface area contributed by atoms with E-state index in [1.165, 1.54) is 51.4 Å². The minimum absolute atomic E-state index is 0.00440. The maximum atomic E-state index is 11.5. The molecule has 1 saturated carbocycles. The van der Waals surface area contributed by atoms with Crippen molar-refractivity contribution < 1.29 is 14.3 Å². The molecule has 0 aromatic carbocycles. The van der Waals surface area contributed by atoms with Gasteiger partial charge in [0, 0.05) is 13.0 Å². The van der Waals surface area contributed by atoms with Gasteiger partial charge in [-0.25, -0.2) is 0 Å². The highest BCUT2D eigenvalue weighted by atomic mass is 16.6. The van der Waals surface area contributed by atoms with E-state index in [1.54, 1.807) is 0 Å². The average Bonchev–Trinajstić information content (AvgIpc) is 2.54. The Morgan fingerprint density at radius 3 is 2.09 bits per heavy atom. The molecular formula is C19H36O3. The maximum Gasteiger partial charge on any atom is 0.305 e. The Hall–Kier alpha value is -0.570. The number of carbonyl (C=O) groups is 1. The minimum Gasteiger partial charge on any atom is -0.460 e. The van der Waals surface area contributed by atoms with Crippen LogP contribution in [0.2, 0.25) is 0 Å². The van der Waals surface area contributed by atoms with Gasteiger partial charge in [-0.3, -0.25) is 4.79 Å². The minimum atomic E-state index is -0.0902. The third-order valence-electron chi connectivity index (χ3n) is 4.54. The fraction of sp³-hybridized carbons (Fsp3) is 0.947.